The van der Waals surface area contributed by atoms with E-state index in [1.807, 2.05) is 25.1 Å². The first-order valence-electron chi connectivity index (χ1n) is 10.4. The van der Waals surface area contributed by atoms with Crippen molar-refractivity contribution >= 4 is 51.9 Å². The van der Waals surface area contributed by atoms with E-state index < -0.39 is 11.4 Å². The van der Waals surface area contributed by atoms with Gasteiger partial charge in [-0.05, 0) is 79.3 Å². The number of carbonyl (C=O) groups excluding carboxylic acids is 2. The van der Waals surface area contributed by atoms with E-state index in [1.54, 1.807) is 37.1 Å². The second kappa shape index (κ2) is 9.85. The third-order valence-electron chi connectivity index (χ3n) is 5.55. The van der Waals surface area contributed by atoms with E-state index in [0.717, 1.165) is 20.6 Å². The van der Waals surface area contributed by atoms with Crippen LogP contribution < -0.4 is 10.2 Å². The predicted octanol–water partition coefficient (Wildman–Crippen LogP) is 3.40. The van der Waals surface area contributed by atoms with Gasteiger partial charge in [-0.1, -0.05) is 0 Å². The van der Waals surface area contributed by atoms with Crippen LogP contribution in [0.1, 0.15) is 36.2 Å². The number of aliphatic carboxylic acids is 1. The number of carbonyl (C=O) groups is 3. The molecule has 1 fully saturated rings. The minimum absolute atomic E-state index is 0.0233. The third-order valence-corrected chi connectivity index (χ3v) is 6.76. The maximum atomic E-state index is 12.5. The number of aromatic nitrogens is 1. The Morgan fingerprint density at radius 2 is 1.81 bits per heavy atom. The summed E-state index contributed by atoms with van der Waals surface area (Å²) >= 11 is 2.25. The normalized spacial score (nSPS) is 14.2. The molecule has 2 aromatic rings. The largest absolute Gasteiger partial charge is 0.481 e. The number of benzene rings is 1. The Labute approximate surface area is 201 Å². The fraction of sp³-hybridized carbons (Fsp3) is 0.391. The zero-order valence-electron chi connectivity index (χ0n) is 18.4. The molecule has 0 unspecified atom stereocenters. The lowest BCUT2D eigenvalue weighted by Crippen LogP contribution is -2.50. The quantitative estimate of drug-likeness (QED) is 0.535. The van der Waals surface area contributed by atoms with Crippen molar-refractivity contribution in [2.24, 2.45) is 5.41 Å². The van der Waals surface area contributed by atoms with Crippen molar-refractivity contribution in [3.63, 3.8) is 0 Å². The molecule has 1 saturated heterocycles. The molecule has 1 aromatic carbocycles. The summed E-state index contributed by atoms with van der Waals surface area (Å²) in [5, 5.41) is 12.1. The van der Waals surface area contributed by atoms with Crippen LogP contribution in [0.4, 0.5) is 11.5 Å². The number of aryl methyl sites for hydroxylation is 1. The van der Waals surface area contributed by atoms with Crippen LogP contribution in [0.25, 0.3) is 0 Å². The molecule has 1 aliphatic heterocycles. The van der Waals surface area contributed by atoms with Crippen LogP contribution in [0.15, 0.2) is 36.5 Å². The van der Waals surface area contributed by atoms with Crippen molar-refractivity contribution in [1.29, 1.82) is 0 Å². The Hall–Kier alpha value is -2.69. The molecule has 3 rings (SSSR count). The van der Waals surface area contributed by atoms with Crippen LogP contribution in [0.2, 0.25) is 0 Å². The Morgan fingerprint density at radius 1 is 1.12 bits per heavy atom. The number of pyridine rings is 1. The number of rotatable bonds is 6. The minimum Gasteiger partial charge on any atom is -0.481 e. The van der Waals surface area contributed by atoms with Crippen LogP contribution in [0.3, 0.4) is 0 Å². The van der Waals surface area contributed by atoms with Crippen LogP contribution in [0, 0.1) is 15.9 Å². The van der Waals surface area contributed by atoms with Crippen molar-refractivity contribution in [2.45, 2.75) is 27.2 Å². The molecule has 1 aliphatic rings. The van der Waals surface area contributed by atoms with E-state index in [2.05, 4.69) is 37.8 Å². The maximum absolute atomic E-state index is 12.5. The first kappa shape index (κ1) is 24.0. The molecule has 0 radical (unpaired) electrons. The van der Waals surface area contributed by atoms with Crippen molar-refractivity contribution in [1.82, 2.24) is 9.88 Å². The van der Waals surface area contributed by atoms with Gasteiger partial charge in [-0.3, -0.25) is 14.4 Å². The average Bonchev–Trinajstić information content (AvgIpc) is 2.76. The Kier molecular flexibility index (Phi) is 7.37. The van der Waals surface area contributed by atoms with Crippen molar-refractivity contribution in [2.75, 3.05) is 36.4 Å². The highest BCUT2D eigenvalue weighted by molar-refractivity contribution is 14.1. The molecular formula is C23H27IN4O4. The van der Waals surface area contributed by atoms with Gasteiger partial charge in [0.15, 0.2) is 0 Å². The summed E-state index contributed by atoms with van der Waals surface area (Å²) in [6, 6.07) is 9.30. The fourth-order valence-corrected chi connectivity index (χ4v) is 3.72. The van der Waals surface area contributed by atoms with Gasteiger partial charge >= 0.3 is 5.97 Å². The fourth-order valence-electron chi connectivity index (χ4n) is 3.38. The van der Waals surface area contributed by atoms with E-state index in [-0.39, 0.29) is 18.2 Å². The summed E-state index contributed by atoms with van der Waals surface area (Å²) in [6.07, 6.45) is 1.53. The molecule has 1 aromatic heterocycles. The molecule has 2 N–H and O–H groups in total. The predicted molar refractivity (Wildman–Crippen MR) is 131 cm³/mol. The first-order chi connectivity index (χ1) is 15.1. The number of carboxylic acids is 1. The molecule has 0 aliphatic carbocycles. The third kappa shape index (κ3) is 5.76. The van der Waals surface area contributed by atoms with E-state index in [1.165, 1.54) is 0 Å². The topological polar surface area (TPSA) is 103 Å². The van der Waals surface area contributed by atoms with Gasteiger partial charge in [0.25, 0.3) is 5.91 Å². The highest BCUT2D eigenvalue weighted by Gasteiger charge is 2.33. The van der Waals surface area contributed by atoms with Gasteiger partial charge in [-0.2, -0.15) is 0 Å². The molecule has 0 saturated carbocycles. The van der Waals surface area contributed by atoms with E-state index in [9.17, 15) is 19.5 Å². The van der Waals surface area contributed by atoms with Gasteiger partial charge in [0.1, 0.15) is 5.82 Å². The van der Waals surface area contributed by atoms with Gasteiger partial charge in [0.2, 0.25) is 5.91 Å². The summed E-state index contributed by atoms with van der Waals surface area (Å²) < 4.78 is 1.14. The zero-order valence-corrected chi connectivity index (χ0v) is 20.5. The number of carboxylic acid groups (broad SMARTS) is 1. The number of halogens is 1. The molecule has 170 valence electrons. The summed E-state index contributed by atoms with van der Waals surface area (Å²) in [5.74, 6) is -0.608. The summed E-state index contributed by atoms with van der Waals surface area (Å²) in [6.45, 7) is 7.32. The van der Waals surface area contributed by atoms with Crippen molar-refractivity contribution < 1.29 is 19.5 Å². The van der Waals surface area contributed by atoms with Crippen molar-refractivity contribution in [3.05, 3.63) is 51.2 Å². The van der Waals surface area contributed by atoms with E-state index >= 15 is 0 Å². The lowest BCUT2D eigenvalue weighted by atomic mass is 9.89. The zero-order chi connectivity index (χ0) is 23.5. The summed E-state index contributed by atoms with van der Waals surface area (Å²) in [7, 11) is 0. The second-order valence-corrected chi connectivity index (χ2v) is 9.72. The molecule has 2 heterocycles. The highest BCUT2D eigenvalue weighted by atomic mass is 127. The van der Waals surface area contributed by atoms with E-state index in [0.29, 0.717) is 31.7 Å². The molecule has 2 amide bonds. The number of nitrogens with one attached hydrogen (secondary N) is 1. The number of hydrogen-bond donors (Lipinski definition) is 2. The van der Waals surface area contributed by atoms with Gasteiger partial charge in [-0.25, -0.2) is 4.98 Å². The number of piperazine rings is 1. The number of nitrogens with zero attached hydrogens (tertiary/aromatic N) is 3. The first-order valence-corrected chi connectivity index (χ1v) is 11.4. The Bertz CT molecular complexity index is 1020. The number of anilines is 2. The number of amides is 2. The average molecular weight is 550 g/mol. The second-order valence-electron chi connectivity index (χ2n) is 8.56. The molecule has 0 spiro atoms. The SMILES string of the molecule is Cc1cc(NC(=O)c2ccc(N3CCN(C(=O)CC(C)(C)C(=O)O)CC3)nc2)ccc1I. The van der Waals surface area contributed by atoms with Gasteiger partial charge in [0, 0.05) is 48.1 Å². The van der Waals surface area contributed by atoms with Gasteiger partial charge < -0.3 is 20.2 Å². The van der Waals surface area contributed by atoms with Crippen LogP contribution in [-0.4, -0.2) is 59.0 Å². The smallest absolute Gasteiger partial charge is 0.309 e. The van der Waals surface area contributed by atoms with Gasteiger partial charge in [-0.15, -0.1) is 0 Å². The van der Waals surface area contributed by atoms with Gasteiger partial charge in [0.05, 0.1) is 11.0 Å². The maximum Gasteiger partial charge on any atom is 0.309 e. The standard InChI is InChI=1S/C23H27IN4O4/c1-15-12-17(5-6-18(15)24)26-21(30)16-4-7-19(25-14-16)27-8-10-28(11-9-27)20(29)13-23(2,3)22(31)32/h4-7,12,14H,8-11,13H2,1-3H3,(H,26,30)(H,31,32). The van der Waals surface area contributed by atoms with Crippen LogP contribution >= 0.6 is 22.6 Å². The number of hydrogen-bond acceptors (Lipinski definition) is 5. The Balaban J connectivity index is 1.55. The van der Waals surface area contributed by atoms with E-state index in [4.69, 9.17) is 0 Å². The summed E-state index contributed by atoms with van der Waals surface area (Å²) in [4.78, 5) is 44.4. The van der Waals surface area contributed by atoms with Crippen LogP contribution in [-0.2, 0) is 9.59 Å². The van der Waals surface area contributed by atoms with Crippen molar-refractivity contribution in [3.8, 4) is 0 Å². The highest BCUT2D eigenvalue weighted by Crippen LogP contribution is 2.23. The Morgan fingerprint density at radius 3 is 2.38 bits per heavy atom. The summed E-state index contributed by atoms with van der Waals surface area (Å²) in [5.41, 5.74) is 1.22. The molecule has 9 heteroatoms. The molecule has 8 nitrogen and oxygen atoms in total. The molecule has 32 heavy (non-hydrogen) atoms. The molecule has 0 atom stereocenters. The lowest BCUT2D eigenvalue weighted by molar-refractivity contribution is -0.151. The lowest BCUT2D eigenvalue weighted by Gasteiger charge is -2.36. The molecule has 0 bridgehead atoms. The monoisotopic (exact) mass is 550 g/mol. The molecular weight excluding hydrogens is 523 g/mol. The minimum atomic E-state index is -1.08. The van der Waals surface area contributed by atoms with Crippen LogP contribution in [0.5, 0.6) is 0 Å².